The summed E-state index contributed by atoms with van der Waals surface area (Å²) in [6.45, 7) is 1.20. The number of hydrogen-bond acceptors (Lipinski definition) is 5. The van der Waals surface area contributed by atoms with Crippen molar-refractivity contribution in [2.45, 2.75) is 26.0 Å². The zero-order valence-electron chi connectivity index (χ0n) is 15.4. The molecule has 1 N–H and O–H groups in total. The third-order valence-corrected chi connectivity index (χ3v) is 4.90. The van der Waals surface area contributed by atoms with Gasteiger partial charge in [-0.05, 0) is 39.7 Å². The first-order valence-corrected chi connectivity index (χ1v) is 9.85. The topological polar surface area (TPSA) is 89.8 Å². The Kier molecular flexibility index (Phi) is 6.66. The monoisotopic (exact) mass is 477 g/mol. The third kappa shape index (κ3) is 5.42. The van der Waals surface area contributed by atoms with Crippen molar-refractivity contribution < 1.29 is 14.3 Å². The van der Waals surface area contributed by atoms with E-state index in [4.69, 9.17) is 16.3 Å². The molecule has 0 unspecified atom stereocenters. The van der Waals surface area contributed by atoms with E-state index in [0.717, 1.165) is 4.47 Å². The van der Waals surface area contributed by atoms with Crippen LogP contribution in [0.1, 0.15) is 30.6 Å². The predicted octanol–water partition coefficient (Wildman–Crippen LogP) is 3.42. The highest BCUT2D eigenvalue weighted by molar-refractivity contribution is 9.10. The Labute approximate surface area is 179 Å². The molecule has 0 aliphatic carbocycles. The lowest BCUT2D eigenvalue weighted by Gasteiger charge is -2.18. The number of carbonyl (C=O) groups excluding carboxylic acids is 2. The molecule has 0 radical (unpaired) electrons. The van der Waals surface area contributed by atoms with Crippen molar-refractivity contribution in [1.29, 1.82) is 0 Å². The second-order valence-corrected chi connectivity index (χ2v) is 7.62. The molecule has 0 saturated heterocycles. The summed E-state index contributed by atoms with van der Waals surface area (Å²) < 4.78 is 7.41. The summed E-state index contributed by atoms with van der Waals surface area (Å²) in [6.07, 6.45) is 1.50. The number of rotatable bonds is 6. The minimum absolute atomic E-state index is 0.108. The molecule has 150 valence electrons. The highest BCUT2D eigenvalue weighted by Gasteiger charge is 2.20. The zero-order valence-corrected chi connectivity index (χ0v) is 17.7. The average Bonchev–Trinajstić information content (AvgIpc) is 2.66. The first-order valence-electron chi connectivity index (χ1n) is 8.68. The molecular weight excluding hydrogens is 462 g/mol. The molecule has 29 heavy (non-hydrogen) atoms. The highest BCUT2D eigenvalue weighted by Crippen LogP contribution is 2.25. The molecule has 1 aromatic carbocycles. The molecule has 3 rings (SSSR count). The summed E-state index contributed by atoms with van der Waals surface area (Å²) in [5.41, 5.74) is 1.11. The van der Waals surface area contributed by atoms with E-state index in [1.54, 1.807) is 42.6 Å². The van der Waals surface area contributed by atoms with Gasteiger partial charge >= 0.3 is 5.97 Å². The molecule has 0 aliphatic rings. The van der Waals surface area contributed by atoms with Crippen LogP contribution in [0.15, 0.2) is 57.9 Å². The maximum atomic E-state index is 12.4. The van der Waals surface area contributed by atoms with Crippen molar-refractivity contribution in [3.05, 3.63) is 79.8 Å². The van der Waals surface area contributed by atoms with Crippen LogP contribution in [-0.2, 0) is 20.9 Å². The molecule has 2 heterocycles. The minimum Gasteiger partial charge on any atom is -0.459 e. The van der Waals surface area contributed by atoms with Gasteiger partial charge in [-0.25, -0.2) is 4.98 Å². The van der Waals surface area contributed by atoms with Crippen LogP contribution in [0.2, 0.25) is 5.02 Å². The van der Waals surface area contributed by atoms with Crippen molar-refractivity contribution in [2.75, 3.05) is 0 Å². The molecule has 3 aromatic rings. The number of benzene rings is 1. The maximum Gasteiger partial charge on any atom is 0.308 e. The van der Waals surface area contributed by atoms with E-state index < -0.39 is 12.0 Å². The van der Waals surface area contributed by atoms with Gasteiger partial charge in [0.1, 0.15) is 12.3 Å². The molecule has 2 aromatic heterocycles. The zero-order chi connectivity index (χ0) is 21.0. The molecule has 0 fully saturated rings. The fourth-order valence-corrected chi connectivity index (χ4v) is 3.43. The molecule has 0 aliphatic heterocycles. The SMILES string of the molecule is CC(=O)N[C@H](CC(=O)OCc1cc(=O)n2cc(Br)ccc2n1)c1ccccc1Cl. The summed E-state index contributed by atoms with van der Waals surface area (Å²) in [7, 11) is 0. The van der Waals surface area contributed by atoms with Crippen molar-refractivity contribution >= 4 is 45.1 Å². The van der Waals surface area contributed by atoms with E-state index in [2.05, 4.69) is 26.2 Å². The standard InChI is InChI=1S/C20H17BrClN3O4/c1-12(26)23-17(15-4-2-3-5-16(15)22)9-20(28)29-11-14-8-19(27)25-10-13(21)6-7-18(25)24-14/h2-8,10,17H,9,11H2,1H3,(H,23,26)/t17-/m1/s1. The van der Waals surface area contributed by atoms with E-state index in [1.807, 2.05) is 0 Å². The van der Waals surface area contributed by atoms with Gasteiger partial charge in [0, 0.05) is 28.7 Å². The summed E-state index contributed by atoms with van der Waals surface area (Å²) in [4.78, 5) is 40.4. The molecule has 0 bridgehead atoms. The van der Waals surface area contributed by atoms with Gasteiger partial charge in [0.15, 0.2) is 0 Å². The van der Waals surface area contributed by atoms with Gasteiger partial charge in [0.2, 0.25) is 5.91 Å². The van der Waals surface area contributed by atoms with Crippen LogP contribution in [0.25, 0.3) is 5.65 Å². The number of esters is 1. The Morgan fingerprint density at radius 3 is 2.76 bits per heavy atom. The Hall–Kier alpha value is -2.71. The third-order valence-electron chi connectivity index (χ3n) is 4.09. The number of carbonyl (C=O) groups is 2. The van der Waals surface area contributed by atoms with Crippen LogP contribution in [-0.4, -0.2) is 21.3 Å². The second kappa shape index (κ2) is 9.19. The number of halogens is 2. The predicted molar refractivity (Wildman–Crippen MR) is 112 cm³/mol. The van der Waals surface area contributed by atoms with Crippen LogP contribution in [0, 0.1) is 0 Å². The van der Waals surface area contributed by atoms with Gasteiger partial charge in [-0.15, -0.1) is 0 Å². The number of fused-ring (bicyclic) bond motifs is 1. The lowest BCUT2D eigenvalue weighted by molar-refractivity contribution is -0.145. The first-order chi connectivity index (χ1) is 13.8. The molecule has 0 spiro atoms. The lowest BCUT2D eigenvalue weighted by atomic mass is 10.0. The van der Waals surface area contributed by atoms with E-state index in [1.165, 1.54) is 17.4 Å². The Morgan fingerprint density at radius 2 is 2.03 bits per heavy atom. The minimum atomic E-state index is -0.624. The average molecular weight is 479 g/mol. The van der Waals surface area contributed by atoms with Crippen molar-refractivity contribution in [1.82, 2.24) is 14.7 Å². The van der Waals surface area contributed by atoms with Gasteiger partial charge in [0.25, 0.3) is 5.56 Å². The molecule has 1 atom stereocenters. The number of ether oxygens (including phenoxy) is 1. The number of nitrogens with zero attached hydrogens (tertiary/aromatic N) is 2. The molecule has 7 nitrogen and oxygen atoms in total. The van der Waals surface area contributed by atoms with Crippen LogP contribution < -0.4 is 10.9 Å². The molecule has 1 amide bonds. The van der Waals surface area contributed by atoms with Crippen LogP contribution in [0.4, 0.5) is 0 Å². The maximum absolute atomic E-state index is 12.4. The van der Waals surface area contributed by atoms with Crippen LogP contribution in [0.5, 0.6) is 0 Å². The van der Waals surface area contributed by atoms with Crippen LogP contribution in [0.3, 0.4) is 0 Å². The van der Waals surface area contributed by atoms with Gasteiger partial charge in [-0.2, -0.15) is 0 Å². The van der Waals surface area contributed by atoms with Gasteiger partial charge in [-0.3, -0.25) is 18.8 Å². The first kappa shape index (κ1) is 21.0. The van der Waals surface area contributed by atoms with Crippen molar-refractivity contribution in [2.24, 2.45) is 0 Å². The summed E-state index contributed by atoms with van der Waals surface area (Å²) >= 11 is 9.49. The van der Waals surface area contributed by atoms with Gasteiger partial charge in [0.05, 0.1) is 18.2 Å². The number of hydrogen-bond donors (Lipinski definition) is 1. The number of pyridine rings is 1. The smallest absolute Gasteiger partial charge is 0.308 e. The second-order valence-electron chi connectivity index (χ2n) is 6.30. The Balaban J connectivity index is 1.71. The fourth-order valence-electron chi connectivity index (χ4n) is 2.82. The Bertz CT molecular complexity index is 1130. The van der Waals surface area contributed by atoms with Crippen molar-refractivity contribution in [3.63, 3.8) is 0 Å². The number of amides is 1. The highest BCUT2D eigenvalue weighted by atomic mass is 79.9. The van der Waals surface area contributed by atoms with Crippen LogP contribution >= 0.6 is 27.5 Å². The Morgan fingerprint density at radius 1 is 1.28 bits per heavy atom. The van der Waals surface area contributed by atoms with E-state index >= 15 is 0 Å². The molecule has 0 saturated carbocycles. The van der Waals surface area contributed by atoms with Gasteiger partial charge < -0.3 is 10.1 Å². The summed E-state index contributed by atoms with van der Waals surface area (Å²) in [6, 6.07) is 11.1. The number of nitrogens with one attached hydrogen (secondary N) is 1. The van der Waals surface area contributed by atoms with Crippen molar-refractivity contribution in [3.8, 4) is 0 Å². The summed E-state index contributed by atoms with van der Waals surface area (Å²) in [5.74, 6) is -0.848. The van der Waals surface area contributed by atoms with E-state index in [9.17, 15) is 14.4 Å². The van der Waals surface area contributed by atoms with E-state index in [-0.39, 0.29) is 24.5 Å². The number of aromatic nitrogens is 2. The normalized spacial score (nSPS) is 11.8. The van der Waals surface area contributed by atoms with Gasteiger partial charge in [-0.1, -0.05) is 29.8 Å². The fraction of sp³-hybridized carbons (Fsp3) is 0.200. The quantitative estimate of drug-likeness (QED) is 0.548. The largest absolute Gasteiger partial charge is 0.459 e. The molecular formula is C20H17BrClN3O4. The molecule has 9 heteroatoms. The lowest BCUT2D eigenvalue weighted by Crippen LogP contribution is -2.29. The summed E-state index contributed by atoms with van der Waals surface area (Å²) in [5, 5.41) is 3.15. The van der Waals surface area contributed by atoms with E-state index in [0.29, 0.717) is 21.9 Å².